The fourth-order valence-corrected chi connectivity index (χ4v) is 10.3. The Bertz CT molecular complexity index is 3180. The Balaban J connectivity index is 1.10. The van der Waals surface area contributed by atoms with Gasteiger partial charge < -0.3 is 4.90 Å². The molecule has 2 aliphatic rings. The van der Waals surface area contributed by atoms with Crippen molar-refractivity contribution in [2.24, 2.45) is 0 Å². The summed E-state index contributed by atoms with van der Waals surface area (Å²) in [7, 11) is 0. The molecule has 0 heterocycles. The van der Waals surface area contributed by atoms with Crippen molar-refractivity contribution in [3.05, 3.63) is 259 Å². The third-order valence-corrected chi connectivity index (χ3v) is 12.9. The van der Waals surface area contributed by atoms with Crippen molar-refractivity contribution in [2.75, 3.05) is 4.90 Å². The van der Waals surface area contributed by atoms with Crippen LogP contribution in [0.4, 0.5) is 17.1 Å². The van der Waals surface area contributed by atoms with Gasteiger partial charge in [-0.05, 0) is 125 Å². The fourth-order valence-electron chi connectivity index (χ4n) is 10.3. The Morgan fingerprint density at radius 3 is 1.28 bits per heavy atom. The van der Waals surface area contributed by atoms with E-state index in [1.165, 1.54) is 88.7 Å². The van der Waals surface area contributed by atoms with Crippen molar-refractivity contribution >= 4 is 27.8 Å². The molecule has 0 fully saturated rings. The normalized spacial score (nSPS) is 12.8. The van der Waals surface area contributed by atoms with Crippen molar-refractivity contribution in [2.45, 2.75) is 5.41 Å². The summed E-state index contributed by atoms with van der Waals surface area (Å²) in [6.45, 7) is 0. The molecule has 280 valence electrons. The maximum absolute atomic E-state index is 2.49. The number of fused-ring (bicyclic) bond motifs is 13. The largest absolute Gasteiger partial charge is 0.310 e. The van der Waals surface area contributed by atoms with Gasteiger partial charge >= 0.3 is 0 Å². The van der Waals surface area contributed by atoms with E-state index in [2.05, 4.69) is 241 Å². The smallest absolute Gasteiger partial charge is 0.0726 e. The summed E-state index contributed by atoms with van der Waals surface area (Å²) in [5.41, 5.74) is 20.5. The van der Waals surface area contributed by atoms with Gasteiger partial charge in [-0.1, -0.05) is 200 Å². The quantitative estimate of drug-likeness (QED) is 0.169. The predicted octanol–water partition coefficient (Wildman–Crippen LogP) is 15.7. The molecule has 1 nitrogen and oxygen atoms in total. The lowest BCUT2D eigenvalue weighted by molar-refractivity contribution is 0.775. The molecule has 0 radical (unpaired) electrons. The number of hydrogen-bond acceptors (Lipinski definition) is 1. The van der Waals surface area contributed by atoms with Gasteiger partial charge in [0.15, 0.2) is 0 Å². The number of nitrogens with zero attached hydrogens (tertiary/aromatic N) is 1. The van der Waals surface area contributed by atoms with E-state index in [0.29, 0.717) is 0 Å². The first-order valence-electron chi connectivity index (χ1n) is 20.8. The van der Waals surface area contributed by atoms with E-state index in [4.69, 9.17) is 0 Å². The second-order valence-corrected chi connectivity index (χ2v) is 16.0. The van der Waals surface area contributed by atoms with Crippen molar-refractivity contribution in [3.8, 4) is 55.6 Å². The van der Waals surface area contributed by atoms with E-state index >= 15 is 0 Å². The van der Waals surface area contributed by atoms with E-state index < -0.39 is 5.41 Å². The Morgan fingerprint density at radius 1 is 0.250 bits per heavy atom. The molecule has 0 unspecified atom stereocenters. The van der Waals surface area contributed by atoms with Gasteiger partial charge in [-0.25, -0.2) is 0 Å². The zero-order valence-corrected chi connectivity index (χ0v) is 33.0. The summed E-state index contributed by atoms with van der Waals surface area (Å²) in [4.78, 5) is 2.43. The van der Waals surface area contributed by atoms with Crippen LogP contribution in [0.3, 0.4) is 0 Å². The molecule has 0 saturated carbocycles. The van der Waals surface area contributed by atoms with Gasteiger partial charge in [-0.15, -0.1) is 0 Å². The molecule has 1 heteroatoms. The Morgan fingerprint density at radius 2 is 0.667 bits per heavy atom. The van der Waals surface area contributed by atoms with Crippen molar-refractivity contribution < 1.29 is 0 Å². The summed E-state index contributed by atoms with van der Waals surface area (Å²) in [5.74, 6) is 0. The van der Waals surface area contributed by atoms with Crippen LogP contribution in [-0.2, 0) is 5.41 Å². The van der Waals surface area contributed by atoms with Crippen LogP contribution in [0.1, 0.15) is 22.3 Å². The Labute approximate surface area is 351 Å². The molecular formula is C59H39N. The molecule has 10 aromatic rings. The Hall–Kier alpha value is -7.74. The zero-order chi connectivity index (χ0) is 39.6. The third-order valence-electron chi connectivity index (χ3n) is 12.9. The summed E-state index contributed by atoms with van der Waals surface area (Å²) in [6, 6.07) is 87.5. The summed E-state index contributed by atoms with van der Waals surface area (Å²) in [5, 5.41) is 2.51. The monoisotopic (exact) mass is 761 g/mol. The van der Waals surface area contributed by atoms with Gasteiger partial charge in [0, 0.05) is 17.1 Å². The Kier molecular flexibility index (Phi) is 7.83. The molecule has 0 atom stereocenters. The average Bonchev–Trinajstić information content (AvgIpc) is 3.56. The summed E-state index contributed by atoms with van der Waals surface area (Å²) < 4.78 is 0. The van der Waals surface area contributed by atoms with Crippen molar-refractivity contribution in [1.82, 2.24) is 0 Å². The van der Waals surface area contributed by atoms with Crippen LogP contribution in [0.5, 0.6) is 0 Å². The van der Waals surface area contributed by atoms with Crippen LogP contribution < -0.4 is 4.90 Å². The molecule has 60 heavy (non-hydrogen) atoms. The minimum Gasteiger partial charge on any atom is -0.310 e. The van der Waals surface area contributed by atoms with E-state index in [-0.39, 0.29) is 0 Å². The lowest BCUT2D eigenvalue weighted by atomic mass is 9.66. The molecule has 0 aromatic heterocycles. The second-order valence-electron chi connectivity index (χ2n) is 16.0. The van der Waals surface area contributed by atoms with Gasteiger partial charge in [0.25, 0.3) is 0 Å². The van der Waals surface area contributed by atoms with Gasteiger partial charge in [0.2, 0.25) is 0 Å². The van der Waals surface area contributed by atoms with Gasteiger partial charge in [-0.2, -0.15) is 0 Å². The van der Waals surface area contributed by atoms with Crippen LogP contribution in [0.15, 0.2) is 237 Å². The van der Waals surface area contributed by atoms with Crippen molar-refractivity contribution in [1.29, 1.82) is 0 Å². The van der Waals surface area contributed by atoms with Crippen molar-refractivity contribution in [3.63, 3.8) is 0 Å². The lowest BCUT2D eigenvalue weighted by Crippen LogP contribution is -2.29. The van der Waals surface area contributed by atoms with E-state index in [1.807, 2.05) is 0 Å². The van der Waals surface area contributed by atoms with Gasteiger partial charge in [0.05, 0.1) is 5.41 Å². The highest BCUT2D eigenvalue weighted by atomic mass is 15.1. The lowest BCUT2D eigenvalue weighted by Gasteiger charge is -2.36. The highest BCUT2D eigenvalue weighted by Gasteiger charge is 2.49. The first-order chi connectivity index (χ1) is 29.8. The molecular weight excluding hydrogens is 723 g/mol. The fraction of sp³-hybridized carbons (Fsp3) is 0.0169. The number of benzene rings is 10. The first-order valence-corrected chi connectivity index (χ1v) is 20.8. The molecule has 0 amide bonds. The minimum absolute atomic E-state index is 0.560. The summed E-state index contributed by atoms with van der Waals surface area (Å²) in [6.07, 6.45) is 0. The second kappa shape index (κ2) is 13.7. The molecule has 10 aromatic carbocycles. The third kappa shape index (κ3) is 5.13. The highest BCUT2D eigenvalue weighted by Crippen LogP contribution is 2.62. The molecule has 0 N–H and O–H groups in total. The average molecular weight is 762 g/mol. The van der Waals surface area contributed by atoms with E-state index in [0.717, 1.165) is 17.1 Å². The molecule has 12 rings (SSSR count). The summed E-state index contributed by atoms with van der Waals surface area (Å²) >= 11 is 0. The first kappa shape index (κ1) is 34.3. The van der Waals surface area contributed by atoms with Crippen LogP contribution in [0.25, 0.3) is 66.4 Å². The van der Waals surface area contributed by atoms with Crippen LogP contribution in [0.2, 0.25) is 0 Å². The number of rotatable bonds is 5. The predicted molar refractivity (Wildman–Crippen MR) is 251 cm³/mol. The number of hydrogen-bond donors (Lipinski definition) is 0. The van der Waals surface area contributed by atoms with Crippen LogP contribution in [0, 0.1) is 0 Å². The van der Waals surface area contributed by atoms with Crippen LogP contribution >= 0.6 is 0 Å². The molecule has 2 aliphatic carbocycles. The van der Waals surface area contributed by atoms with Gasteiger partial charge in [0.1, 0.15) is 0 Å². The van der Waals surface area contributed by atoms with E-state index in [1.54, 1.807) is 0 Å². The zero-order valence-electron chi connectivity index (χ0n) is 33.0. The maximum Gasteiger partial charge on any atom is 0.0726 e. The van der Waals surface area contributed by atoms with Gasteiger partial charge in [-0.3, -0.25) is 0 Å². The van der Waals surface area contributed by atoms with E-state index in [9.17, 15) is 0 Å². The highest BCUT2D eigenvalue weighted by molar-refractivity contribution is 5.99. The standard InChI is InChI=1S/C59H39N/c1-2-15-40(16-3-1)41-29-33-44(34-30-41)60(45-35-31-43(32-36-45)48-25-14-18-42-17-4-5-19-47(42)48)46-37-38-54-53-24-10-13-28-57(53)59(58(54)39-46)55-26-11-8-22-51(55)49-20-6-7-21-50(49)52-23-9-12-27-56(52)59/h1-39H. The molecule has 1 spiro atoms. The molecule has 0 saturated heterocycles. The van der Waals surface area contributed by atoms with Crippen LogP contribution in [-0.4, -0.2) is 0 Å². The maximum atomic E-state index is 2.49. The molecule has 0 aliphatic heterocycles. The molecule has 0 bridgehead atoms. The minimum atomic E-state index is -0.560. The number of anilines is 3. The topological polar surface area (TPSA) is 3.24 Å². The SMILES string of the molecule is c1ccc(-c2ccc(N(c3ccc(-c4cccc5ccccc45)cc3)c3ccc4c(c3)C3(c5ccccc5-c5ccccc5-c5ccccc53)c3ccccc3-4)cc2)cc1.